The molecule has 1 aromatic heterocycles. The predicted octanol–water partition coefficient (Wildman–Crippen LogP) is 2.56. The zero-order chi connectivity index (χ0) is 19.9. The van der Waals surface area contributed by atoms with Gasteiger partial charge in [-0.05, 0) is 42.8 Å². The van der Waals surface area contributed by atoms with Gasteiger partial charge in [-0.2, -0.15) is 0 Å². The van der Waals surface area contributed by atoms with Gasteiger partial charge in [0.2, 0.25) is 10.0 Å². The molecule has 1 heterocycles. The maximum Gasteiger partial charge on any atom is 0.307 e. The van der Waals surface area contributed by atoms with E-state index in [1.807, 2.05) is 0 Å². The monoisotopic (exact) mass is 405 g/mol. The Hall–Kier alpha value is -2.65. The number of aryl methyl sites for hydroxylation is 1. The van der Waals surface area contributed by atoms with Gasteiger partial charge in [0.15, 0.2) is 0 Å². The largest absolute Gasteiger partial charge is 0.322 e. The molecule has 9 heteroatoms. The van der Waals surface area contributed by atoms with Crippen molar-refractivity contribution in [1.29, 1.82) is 0 Å². The zero-order valence-corrected chi connectivity index (χ0v) is 16.9. The van der Waals surface area contributed by atoms with E-state index < -0.39 is 10.0 Å². The fraction of sp³-hybridized carbons (Fsp3) is 0.222. The third-order valence-corrected chi connectivity index (χ3v) is 6.62. The lowest BCUT2D eigenvalue weighted by Crippen LogP contribution is -2.26. The van der Waals surface area contributed by atoms with Gasteiger partial charge in [-0.25, -0.2) is 8.42 Å². The maximum atomic E-state index is 12.7. The van der Waals surface area contributed by atoms with Crippen molar-refractivity contribution in [3.63, 3.8) is 0 Å². The van der Waals surface area contributed by atoms with Crippen molar-refractivity contribution in [2.45, 2.75) is 6.92 Å². The number of amides is 1. The van der Waals surface area contributed by atoms with Crippen LogP contribution in [0.5, 0.6) is 0 Å². The van der Waals surface area contributed by atoms with Crippen LogP contribution in [0.3, 0.4) is 0 Å². The molecule has 0 fully saturated rings. The predicted molar refractivity (Wildman–Crippen MR) is 109 cm³/mol. The van der Waals surface area contributed by atoms with Crippen LogP contribution < -0.4 is 14.5 Å². The van der Waals surface area contributed by atoms with Crippen LogP contribution in [0.2, 0.25) is 0 Å². The Labute approximate surface area is 160 Å². The van der Waals surface area contributed by atoms with Crippen molar-refractivity contribution >= 4 is 48.9 Å². The van der Waals surface area contributed by atoms with Crippen molar-refractivity contribution in [3.8, 4) is 0 Å². The Kier molecular flexibility index (Phi) is 4.83. The van der Waals surface area contributed by atoms with E-state index in [1.54, 1.807) is 54.9 Å². The van der Waals surface area contributed by atoms with Crippen LogP contribution in [0.25, 0.3) is 10.2 Å². The van der Waals surface area contributed by atoms with E-state index in [-0.39, 0.29) is 10.8 Å². The van der Waals surface area contributed by atoms with Gasteiger partial charge < -0.3 is 9.88 Å². The number of benzene rings is 2. The first-order valence-electron chi connectivity index (χ1n) is 8.04. The number of rotatable bonds is 4. The number of hydrogen-bond donors (Lipinski definition) is 1. The van der Waals surface area contributed by atoms with Gasteiger partial charge in [0.05, 0.1) is 22.2 Å². The summed E-state index contributed by atoms with van der Waals surface area (Å²) in [6.07, 6.45) is 1.11. The van der Waals surface area contributed by atoms with Crippen LogP contribution in [-0.4, -0.2) is 32.2 Å². The Morgan fingerprint density at radius 3 is 2.59 bits per heavy atom. The number of carbonyl (C=O) groups is 1. The highest BCUT2D eigenvalue weighted by Gasteiger charge is 2.19. The number of thiazole rings is 1. The van der Waals surface area contributed by atoms with Crippen LogP contribution in [0.4, 0.5) is 11.4 Å². The summed E-state index contributed by atoms with van der Waals surface area (Å²) < 4.78 is 27.1. The minimum Gasteiger partial charge on any atom is -0.322 e. The topological polar surface area (TPSA) is 88.5 Å². The van der Waals surface area contributed by atoms with Gasteiger partial charge >= 0.3 is 4.87 Å². The summed E-state index contributed by atoms with van der Waals surface area (Å²) in [4.78, 5) is 24.4. The zero-order valence-electron chi connectivity index (χ0n) is 15.3. The molecule has 0 saturated heterocycles. The fourth-order valence-corrected chi connectivity index (χ4v) is 4.27. The molecule has 1 amide bonds. The van der Waals surface area contributed by atoms with Gasteiger partial charge in [-0.1, -0.05) is 17.4 Å². The quantitative estimate of drug-likeness (QED) is 0.723. The average Bonchev–Trinajstić information content (AvgIpc) is 2.87. The third-order valence-electron chi connectivity index (χ3n) is 4.44. The number of fused-ring (bicyclic) bond motifs is 1. The summed E-state index contributed by atoms with van der Waals surface area (Å²) in [7, 11) is -0.285. The first-order chi connectivity index (χ1) is 12.6. The van der Waals surface area contributed by atoms with E-state index in [2.05, 4.69) is 5.32 Å². The molecule has 0 aliphatic rings. The van der Waals surface area contributed by atoms with Crippen molar-refractivity contribution in [2.75, 3.05) is 22.9 Å². The average molecular weight is 406 g/mol. The van der Waals surface area contributed by atoms with Crippen LogP contribution in [-0.2, 0) is 17.1 Å². The number of anilines is 2. The minimum absolute atomic E-state index is 0.0687. The Bertz CT molecular complexity index is 1210. The summed E-state index contributed by atoms with van der Waals surface area (Å²) in [6.45, 7) is 1.71. The van der Waals surface area contributed by atoms with Gasteiger partial charge in [-0.15, -0.1) is 0 Å². The molecule has 3 aromatic rings. The van der Waals surface area contributed by atoms with Crippen LogP contribution in [0.1, 0.15) is 15.9 Å². The highest BCUT2D eigenvalue weighted by molar-refractivity contribution is 7.92. The molecule has 0 aliphatic heterocycles. The molecule has 0 unspecified atom stereocenters. The summed E-state index contributed by atoms with van der Waals surface area (Å²) in [5.74, 6) is -0.348. The number of aromatic nitrogens is 1. The van der Waals surface area contributed by atoms with E-state index >= 15 is 0 Å². The van der Waals surface area contributed by atoms with Crippen LogP contribution in [0.15, 0.2) is 41.2 Å². The molecule has 0 atom stereocenters. The second kappa shape index (κ2) is 6.82. The summed E-state index contributed by atoms with van der Waals surface area (Å²) in [5, 5.41) is 2.81. The van der Waals surface area contributed by atoms with E-state index in [4.69, 9.17) is 0 Å². The molecule has 0 aliphatic carbocycles. The molecule has 2 aromatic carbocycles. The Morgan fingerprint density at radius 2 is 1.93 bits per heavy atom. The van der Waals surface area contributed by atoms with Gasteiger partial charge in [-0.3, -0.25) is 13.9 Å². The molecule has 27 heavy (non-hydrogen) atoms. The third kappa shape index (κ3) is 3.60. The van der Waals surface area contributed by atoms with Gasteiger partial charge in [0.1, 0.15) is 0 Å². The number of sulfonamides is 1. The lowest BCUT2D eigenvalue weighted by atomic mass is 10.1. The van der Waals surface area contributed by atoms with Crippen LogP contribution in [0, 0.1) is 6.92 Å². The first-order valence-corrected chi connectivity index (χ1v) is 10.7. The molecular weight excluding hydrogens is 386 g/mol. The number of nitrogens with zero attached hydrogens (tertiary/aromatic N) is 2. The number of hydrogen-bond acceptors (Lipinski definition) is 5. The number of carbonyl (C=O) groups excluding carboxylic acids is 1. The van der Waals surface area contributed by atoms with Crippen LogP contribution >= 0.6 is 11.3 Å². The highest BCUT2D eigenvalue weighted by atomic mass is 32.2. The minimum atomic E-state index is -3.43. The number of nitrogens with one attached hydrogen (secondary N) is 1. The molecule has 1 N–H and O–H groups in total. The highest BCUT2D eigenvalue weighted by Crippen LogP contribution is 2.26. The summed E-state index contributed by atoms with van der Waals surface area (Å²) in [6, 6.07) is 10.2. The lowest BCUT2D eigenvalue weighted by Gasteiger charge is -2.20. The second-order valence-electron chi connectivity index (χ2n) is 6.24. The lowest BCUT2D eigenvalue weighted by molar-refractivity contribution is 0.102. The second-order valence-corrected chi connectivity index (χ2v) is 9.25. The van der Waals surface area contributed by atoms with Gasteiger partial charge in [0.25, 0.3) is 5.91 Å². The Balaban J connectivity index is 1.94. The molecule has 3 rings (SSSR count). The van der Waals surface area contributed by atoms with E-state index in [1.165, 1.54) is 7.05 Å². The van der Waals surface area contributed by atoms with Crippen molar-refractivity contribution in [2.24, 2.45) is 7.05 Å². The summed E-state index contributed by atoms with van der Waals surface area (Å²) in [5.41, 5.74) is 2.76. The standard InChI is InChI=1S/C18H19N3O4S2/c1-11-13(6-5-7-14(11)21(3)27(4,24)25)17(22)19-12-8-9-15-16(10-12)26-18(23)20(15)2/h5-10H,1-4H3,(H,19,22). The molecule has 7 nitrogen and oxygen atoms in total. The smallest absolute Gasteiger partial charge is 0.307 e. The molecule has 0 spiro atoms. The molecule has 142 valence electrons. The normalized spacial score (nSPS) is 11.6. The van der Waals surface area contributed by atoms with Crippen molar-refractivity contribution in [3.05, 3.63) is 57.2 Å². The first kappa shape index (κ1) is 19.1. The van der Waals surface area contributed by atoms with Crippen molar-refractivity contribution < 1.29 is 13.2 Å². The van der Waals surface area contributed by atoms with E-state index in [0.717, 1.165) is 32.1 Å². The van der Waals surface area contributed by atoms with Gasteiger partial charge in [0, 0.05) is 25.3 Å². The SMILES string of the molecule is Cc1c(C(=O)Nc2ccc3c(c2)sc(=O)n3C)cccc1N(C)S(C)(=O)=O. The Morgan fingerprint density at radius 1 is 1.22 bits per heavy atom. The molecular formula is C18H19N3O4S2. The maximum absolute atomic E-state index is 12.7. The molecule has 0 bridgehead atoms. The fourth-order valence-electron chi connectivity index (χ4n) is 2.80. The van der Waals surface area contributed by atoms with E-state index in [0.29, 0.717) is 22.5 Å². The molecule has 0 saturated carbocycles. The molecule has 0 radical (unpaired) electrons. The summed E-state index contributed by atoms with van der Waals surface area (Å²) >= 11 is 1.11. The van der Waals surface area contributed by atoms with Crippen molar-refractivity contribution in [1.82, 2.24) is 4.57 Å². The van der Waals surface area contributed by atoms with E-state index in [9.17, 15) is 18.0 Å².